The van der Waals surface area contributed by atoms with Gasteiger partial charge >= 0.3 is 0 Å². The molecule has 0 bridgehead atoms. The molecule has 2 rings (SSSR count). The van der Waals surface area contributed by atoms with Gasteiger partial charge in [-0.05, 0) is 42.3 Å². The Bertz CT molecular complexity index is 612. The number of nitrogens with two attached hydrogens (primary N) is 2. The molecule has 2 atom stereocenters. The number of hydrogen-bond donors (Lipinski definition) is 2. The lowest BCUT2D eigenvalue weighted by Crippen LogP contribution is -2.44. The van der Waals surface area contributed by atoms with Crippen LogP contribution in [0.25, 0.3) is 0 Å². The zero-order chi connectivity index (χ0) is 14.9. The minimum Gasteiger partial charge on any atom is -0.322 e. The zero-order valence-corrected chi connectivity index (χ0v) is 12.4. The molecule has 0 fully saturated rings. The summed E-state index contributed by atoms with van der Waals surface area (Å²) in [6, 6.07) is 11.0. The van der Waals surface area contributed by atoms with Crippen molar-refractivity contribution < 1.29 is 4.39 Å². The van der Waals surface area contributed by atoms with Crippen molar-refractivity contribution >= 4 is 23.2 Å². The number of halogens is 3. The van der Waals surface area contributed by atoms with Gasteiger partial charge in [0.1, 0.15) is 5.82 Å². The summed E-state index contributed by atoms with van der Waals surface area (Å²) >= 11 is 11.5. The van der Waals surface area contributed by atoms with Crippen LogP contribution in [0.5, 0.6) is 0 Å². The van der Waals surface area contributed by atoms with E-state index in [0.717, 1.165) is 5.56 Å². The summed E-state index contributed by atoms with van der Waals surface area (Å²) in [6.45, 7) is 1.80. The summed E-state index contributed by atoms with van der Waals surface area (Å²) in [6.07, 6.45) is 0. The predicted octanol–water partition coefficient (Wildman–Crippen LogP) is 4.01. The van der Waals surface area contributed by atoms with Crippen molar-refractivity contribution in [3.63, 3.8) is 0 Å². The summed E-state index contributed by atoms with van der Waals surface area (Å²) in [4.78, 5) is 0. The summed E-state index contributed by atoms with van der Waals surface area (Å²) in [5, 5.41) is 0.682. The van der Waals surface area contributed by atoms with Gasteiger partial charge in [-0.25, -0.2) is 4.39 Å². The molecule has 106 valence electrons. The molecule has 2 nitrogen and oxygen atoms in total. The minimum absolute atomic E-state index is 0.0613. The fraction of sp³-hybridized carbons (Fsp3) is 0.200. The maximum atomic E-state index is 13.5. The maximum Gasteiger partial charge on any atom is 0.142 e. The summed E-state index contributed by atoms with van der Waals surface area (Å²) in [5.74, 6) is -0.508. The third-order valence-corrected chi connectivity index (χ3v) is 3.97. The number of rotatable bonds is 3. The molecule has 0 amide bonds. The summed E-state index contributed by atoms with van der Waals surface area (Å²) < 4.78 is 13.5. The van der Waals surface area contributed by atoms with Crippen LogP contribution in [0.4, 0.5) is 4.39 Å². The normalized spacial score (nSPS) is 15.7. The molecule has 0 saturated heterocycles. The highest BCUT2D eigenvalue weighted by Gasteiger charge is 2.30. The van der Waals surface area contributed by atoms with Gasteiger partial charge in [0.05, 0.1) is 16.6 Å². The average molecular weight is 313 g/mol. The Kier molecular flexibility index (Phi) is 4.35. The van der Waals surface area contributed by atoms with Gasteiger partial charge in [0, 0.05) is 5.02 Å². The Morgan fingerprint density at radius 2 is 1.70 bits per heavy atom. The Morgan fingerprint density at radius 3 is 2.25 bits per heavy atom. The maximum absolute atomic E-state index is 13.5. The van der Waals surface area contributed by atoms with Gasteiger partial charge in [-0.3, -0.25) is 0 Å². The first-order chi connectivity index (χ1) is 9.32. The highest BCUT2D eigenvalue weighted by molar-refractivity contribution is 6.30. The zero-order valence-electron chi connectivity index (χ0n) is 10.9. The smallest absolute Gasteiger partial charge is 0.142 e. The van der Waals surface area contributed by atoms with E-state index in [1.54, 1.807) is 25.1 Å². The first kappa shape index (κ1) is 15.3. The van der Waals surface area contributed by atoms with E-state index in [1.807, 2.05) is 12.1 Å². The van der Waals surface area contributed by atoms with Crippen molar-refractivity contribution in [3.05, 3.63) is 69.5 Å². The second kappa shape index (κ2) is 5.70. The summed E-state index contributed by atoms with van der Waals surface area (Å²) in [5.41, 5.74) is 13.1. The fourth-order valence-corrected chi connectivity index (χ4v) is 2.28. The van der Waals surface area contributed by atoms with Crippen LogP contribution in [0.2, 0.25) is 10.0 Å². The molecule has 0 radical (unpaired) electrons. The molecule has 5 heteroatoms. The quantitative estimate of drug-likeness (QED) is 0.899. The van der Waals surface area contributed by atoms with E-state index >= 15 is 0 Å². The van der Waals surface area contributed by atoms with E-state index < -0.39 is 17.4 Å². The lowest BCUT2D eigenvalue weighted by molar-refractivity contribution is 0.396. The molecule has 2 aromatic carbocycles. The molecular formula is C15H15Cl2FN2. The van der Waals surface area contributed by atoms with Crippen molar-refractivity contribution in [2.45, 2.75) is 18.5 Å². The molecule has 0 aliphatic heterocycles. The molecule has 20 heavy (non-hydrogen) atoms. The van der Waals surface area contributed by atoms with Crippen LogP contribution in [0.15, 0.2) is 42.5 Å². The van der Waals surface area contributed by atoms with Crippen molar-refractivity contribution in [2.24, 2.45) is 11.5 Å². The van der Waals surface area contributed by atoms with Gasteiger partial charge in [0.15, 0.2) is 0 Å². The van der Waals surface area contributed by atoms with Crippen LogP contribution < -0.4 is 11.5 Å². The van der Waals surface area contributed by atoms with Gasteiger partial charge in [-0.15, -0.1) is 0 Å². The second-order valence-electron chi connectivity index (χ2n) is 4.94. The highest BCUT2D eigenvalue weighted by atomic mass is 35.5. The second-order valence-corrected chi connectivity index (χ2v) is 5.78. The molecule has 0 saturated carbocycles. The van der Waals surface area contributed by atoms with Crippen molar-refractivity contribution in [1.29, 1.82) is 0 Å². The SMILES string of the molecule is C[C@](N)(c1ccc(Cl)cc1)[C@H](N)c1ccc(Cl)c(F)c1. The number of benzene rings is 2. The molecule has 4 N–H and O–H groups in total. The third kappa shape index (κ3) is 2.96. The molecule has 0 aliphatic rings. The van der Waals surface area contributed by atoms with Gasteiger partial charge in [0.2, 0.25) is 0 Å². The van der Waals surface area contributed by atoms with Crippen LogP contribution in [0, 0.1) is 5.82 Å². The third-order valence-electron chi connectivity index (χ3n) is 3.42. The van der Waals surface area contributed by atoms with E-state index in [-0.39, 0.29) is 5.02 Å². The van der Waals surface area contributed by atoms with Crippen molar-refractivity contribution in [2.75, 3.05) is 0 Å². The van der Waals surface area contributed by atoms with Crippen LogP contribution in [-0.2, 0) is 5.54 Å². The van der Waals surface area contributed by atoms with Crippen LogP contribution in [0.3, 0.4) is 0 Å². The number of hydrogen-bond acceptors (Lipinski definition) is 2. The van der Waals surface area contributed by atoms with Crippen molar-refractivity contribution in [1.82, 2.24) is 0 Å². The van der Waals surface area contributed by atoms with Gasteiger partial charge < -0.3 is 11.5 Å². The average Bonchev–Trinajstić information content (AvgIpc) is 2.41. The lowest BCUT2D eigenvalue weighted by Gasteiger charge is -2.32. The Balaban J connectivity index is 2.37. The van der Waals surface area contributed by atoms with Crippen LogP contribution >= 0.6 is 23.2 Å². The topological polar surface area (TPSA) is 52.0 Å². The molecular weight excluding hydrogens is 298 g/mol. The predicted molar refractivity (Wildman–Crippen MR) is 81.3 cm³/mol. The van der Waals surface area contributed by atoms with E-state index in [9.17, 15) is 4.39 Å². The summed E-state index contributed by atoms with van der Waals surface area (Å²) in [7, 11) is 0. The van der Waals surface area contributed by atoms with Gasteiger partial charge in [-0.2, -0.15) is 0 Å². The van der Waals surface area contributed by atoms with E-state index in [2.05, 4.69) is 0 Å². The molecule has 2 aromatic rings. The van der Waals surface area contributed by atoms with E-state index in [1.165, 1.54) is 12.1 Å². The lowest BCUT2D eigenvalue weighted by atomic mass is 9.82. The Hall–Kier alpha value is -1.13. The first-order valence-electron chi connectivity index (χ1n) is 6.08. The minimum atomic E-state index is -0.856. The standard InChI is InChI=1S/C15H15Cl2FN2/c1-15(20,10-3-5-11(16)6-4-10)14(19)9-2-7-12(17)13(18)8-9/h2-8,14H,19-20H2,1H3/t14-,15+/m1/s1. The van der Waals surface area contributed by atoms with Crippen LogP contribution in [0.1, 0.15) is 24.1 Å². The monoisotopic (exact) mass is 312 g/mol. The molecule has 0 heterocycles. The van der Waals surface area contributed by atoms with E-state index in [4.69, 9.17) is 34.7 Å². The molecule has 0 unspecified atom stereocenters. The molecule has 0 aliphatic carbocycles. The van der Waals surface area contributed by atoms with Gasteiger partial charge in [-0.1, -0.05) is 41.4 Å². The molecule has 0 aromatic heterocycles. The first-order valence-corrected chi connectivity index (χ1v) is 6.83. The Labute approximate surface area is 127 Å². The largest absolute Gasteiger partial charge is 0.322 e. The van der Waals surface area contributed by atoms with E-state index in [0.29, 0.717) is 10.6 Å². The fourth-order valence-electron chi connectivity index (χ4n) is 2.04. The van der Waals surface area contributed by atoms with Crippen LogP contribution in [-0.4, -0.2) is 0 Å². The van der Waals surface area contributed by atoms with Crippen molar-refractivity contribution in [3.8, 4) is 0 Å². The van der Waals surface area contributed by atoms with Gasteiger partial charge in [0.25, 0.3) is 0 Å². The Morgan fingerprint density at radius 1 is 1.10 bits per heavy atom. The highest BCUT2D eigenvalue weighted by Crippen LogP contribution is 2.32. The molecule has 0 spiro atoms.